The molecule has 0 aliphatic rings. The van der Waals surface area contributed by atoms with Crippen LogP contribution in [0.3, 0.4) is 0 Å². The zero-order chi connectivity index (χ0) is 16.9. The molecular weight excluding hydrogens is 274 g/mol. The predicted octanol–water partition coefficient (Wildman–Crippen LogP) is 1.97. The molecule has 0 aromatic heterocycles. The maximum Gasteiger partial charge on any atom is 0.322 e. The van der Waals surface area contributed by atoms with Crippen LogP contribution >= 0.6 is 0 Å². The largest absolute Gasteiger partial charge is 0.480 e. The van der Waals surface area contributed by atoms with E-state index in [1.165, 1.54) is 0 Å². The Balaban J connectivity index is 4.31. The SMILES string of the molecule is CC(C)(C)OC(C)(C)CCOC(C)(C)C(=O)NCC(=O)O. The number of ether oxygens (including phenoxy) is 2. The highest BCUT2D eigenvalue weighted by Crippen LogP contribution is 2.23. The second kappa shape index (κ2) is 7.22. The second-order valence-corrected chi connectivity index (χ2v) is 7.16. The number of carbonyl (C=O) groups excluding carboxylic acids is 1. The first kappa shape index (κ1) is 19.9. The number of hydrogen-bond acceptors (Lipinski definition) is 4. The Bertz CT molecular complexity index is 369. The van der Waals surface area contributed by atoms with Gasteiger partial charge in [-0.15, -0.1) is 0 Å². The molecule has 0 atom stereocenters. The van der Waals surface area contributed by atoms with Crippen molar-refractivity contribution in [1.29, 1.82) is 0 Å². The summed E-state index contributed by atoms with van der Waals surface area (Å²) < 4.78 is 11.5. The van der Waals surface area contributed by atoms with E-state index in [1.54, 1.807) is 13.8 Å². The Morgan fingerprint density at radius 3 is 2.00 bits per heavy atom. The third-order valence-electron chi connectivity index (χ3n) is 2.70. The van der Waals surface area contributed by atoms with Crippen molar-refractivity contribution >= 4 is 11.9 Å². The summed E-state index contributed by atoms with van der Waals surface area (Å²) in [6.45, 7) is 13.1. The van der Waals surface area contributed by atoms with Crippen LogP contribution in [0.15, 0.2) is 0 Å². The van der Waals surface area contributed by atoms with E-state index >= 15 is 0 Å². The van der Waals surface area contributed by atoms with Crippen LogP contribution in [0.4, 0.5) is 0 Å². The van der Waals surface area contributed by atoms with Gasteiger partial charge in [-0.05, 0) is 54.9 Å². The lowest BCUT2D eigenvalue weighted by Gasteiger charge is -2.34. The molecule has 0 fully saturated rings. The number of carbonyl (C=O) groups is 2. The Kier molecular flexibility index (Phi) is 6.83. The molecule has 0 bridgehead atoms. The first-order valence-corrected chi connectivity index (χ1v) is 7.09. The lowest BCUT2D eigenvalue weighted by Crippen LogP contribution is -2.46. The summed E-state index contributed by atoms with van der Waals surface area (Å²) in [5.74, 6) is -1.53. The first-order chi connectivity index (χ1) is 9.25. The van der Waals surface area contributed by atoms with E-state index in [0.29, 0.717) is 13.0 Å². The van der Waals surface area contributed by atoms with Crippen LogP contribution in [0.5, 0.6) is 0 Å². The zero-order valence-electron chi connectivity index (χ0n) is 14.2. The molecule has 0 heterocycles. The molecule has 0 saturated carbocycles. The minimum atomic E-state index is -1.08. The van der Waals surface area contributed by atoms with Crippen molar-refractivity contribution < 1.29 is 24.2 Å². The van der Waals surface area contributed by atoms with Gasteiger partial charge in [0.15, 0.2) is 0 Å². The van der Waals surface area contributed by atoms with Crippen molar-refractivity contribution in [1.82, 2.24) is 5.32 Å². The van der Waals surface area contributed by atoms with E-state index in [2.05, 4.69) is 5.32 Å². The topological polar surface area (TPSA) is 84.9 Å². The van der Waals surface area contributed by atoms with Crippen LogP contribution in [0.2, 0.25) is 0 Å². The molecule has 0 saturated heterocycles. The molecule has 0 spiro atoms. The summed E-state index contributed by atoms with van der Waals surface area (Å²) in [4.78, 5) is 22.3. The highest BCUT2D eigenvalue weighted by atomic mass is 16.5. The van der Waals surface area contributed by atoms with E-state index in [9.17, 15) is 9.59 Å². The molecular formula is C15H29NO5. The van der Waals surface area contributed by atoms with Crippen molar-refractivity contribution in [2.75, 3.05) is 13.2 Å². The third kappa shape index (κ3) is 9.42. The van der Waals surface area contributed by atoms with E-state index < -0.39 is 24.0 Å². The standard InChI is InChI=1S/C15H29NO5/c1-13(2,3)21-14(4,5)8-9-20-15(6,7)12(19)16-10-11(17)18/h8-10H2,1-7H3,(H,16,19)(H,17,18). The molecule has 2 N–H and O–H groups in total. The minimum Gasteiger partial charge on any atom is -0.480 e. The van der Waals surface area contributed by atoms with Crippen molar-refractivity contribution in [3.8, 4) is 0 Å². The average Bonchev–Trinajstić information content (AvgIpc) is 2.21. The van der Waals surface area contributed by atoms with Crippen LogP contribution in [0, 0.1) is 0 Å². The fourth-order valence-electron chi connectivity index (χ4n) is 1.87. The highest BCUT2D eigenvalue weighted by Gasteiger charge is 2.31. The molecule has 0 aliphatic carbocycles. The molecule has 0 radical (unpaired) electrons. The molecule has 6 nitrogen and oxygen atoms in total. The van der Waals surface area contributed by atoms with Gasteiger partial charge in [-0.3, -0.25) is 9.59 Å². The average molecular weight is 303 g/mol. The molecule has 0 unspecified atom stereocenters. The molecule has 0 aromatic carbocycles. The van der Waals surface area contributed by atoms with E-state index in [1.807, 2.05) is 34.6 Å². The van der Waals surface area contributed by atoms with Gasteiger partial charge in [0.2, 0.25) is 0 Å². The summed E-state index contributed by atoms with van der Waals surface area (Å²) in [5.41, 5.74) is -1.70. The molecule has 6 heteroatoms. The number of hydrogen-bond donors (Lipinski definition) is 2. The van der Waals surface area contributed by atoms with Gasteiger partial charge in [-0.2, -0.15) is 0 Å². The Morgan fingerprint density at radius 2 is 1.57 bits per heavy atom. The summed E-state index contributed by atoms with van der Waals surface area (Å²) in [6, 6.07) is 0. The number of nitrogens with one attached hydrogen (secondary N) is 1. The molecule has 0 rings (SSSR count). The number of amides is 1. The number of carboxylic acids is 1. The van der Waals surface area contributed by atoms with Gasteiger partial charge in [0.25, 0.3) is 5.91 Å². The zero-order valence-corrected chi connectivity index (χ0v) is 14.2. The number of rotatable bonds is 8. The van der Waals surface area contributed by atoms with Crippen molar-refractivity contribution in [3.63, 3.8) is 0 Å². The van der Waals surface area contributed by atoms with Gasteiger partial charge in [0.05, 0.1) is 17.8 Å². The Morgan fingerprint density at radius 1 is 1.05 bits per heavy atom. The van der Waals surface area contributed by atoms with Gasteiger partial charge >= 0.3 is 5.97 Å². The Labute approximate surface area is 127 Å². The highest BCUT2D eigenvalue weighted by molar-refractivity contribution is 5.87. The monoisotopic (exact) mass is 303 g/mol. The van der Waals surface area contributed by atoms with Gasteiger partial charge in [-0.25, -0.2) is 0 Å². The summed E-state index contributed by atoms with van der Waals surface area (Å²) in [6.07, 6.45) is 0.625. The van der Waals surface area contributed by atoms with Crippen LogP contribution in [0.25, 0.3) is 0 Å². The number of aliphatic carboxylic acids is 1. The van der Waals surface area contributed by atoms with E-state index in [4.69, 9.17) is 14.6 Å². The predicted molar refractivity (Wildman–Crippen MR) is 80.2 cm³/mol. The normalized spacial score (nSPS) is 13.1. The molecule has 0 aliphatic heterocycles. The minimum absolute atomic E-state index is 0.252. The lowest BCUT2D eigenvalue weighted by atomic mass is 10.0. The van der Waals surface area contributed by atoms with Crippen molar-refractivity contribution in [2.24, 2.45) is 0 Å². The number of carboxylic acid groups (broad SMARTS) is 1. The van der Waals surface area contributed by atoms with Crippen LogP contribution in [0.1, 0.15) is 54.9 Å². The molecule has 0 aromatic rings. The lowest BCUT2D eigenvalue weighted by molar-refractivity contribution is -0.152. The quantitative estimate of drug-likeness (QED) is 0.716. The smallest absolute Gasteiger partial charge is 0.322 e. The van der Waals surface area contributed by atoms with Gasteiger partial charge in [0.1, 0.15) is 12.1 Å². The van der Waals surface area contributed by atoms with Crippen molar-refractivity contribution in [2.45, 2.75) is 71.7 Å². The van der Waals surface area contributed by atoms with Crippen LogP contribution in [-0.4, -0.2) is 46.9 Å². The van der Waals surface area contributed by atoms with Gasteiger partial charge < -0.3 is 19.9 Å². The maximum atomic E-state index is 11.8. The summed E-state index contributed by atoms with van der Waals surface area (Å²) in [5, 5.41) is 10.9. The maximum absolute atomic E-state index is 11.8. The van der Waals surface area contributed by atoms with Crippen LogP contribution in [-0.2, 0) is 19.1 Å². The fraction of sp³-hybridized carbons (Fsp3) is 0.867. The first-order valence-electron chi connectivity index (χ1n) is 7.09. The Hall–Kier alpha value is -1.14. The summed E-state index contributed by atoms with van der Waals surface area (Å²) in [7, 11) is 0. The van der Waals surface area contributed by atoms with Crippen LogP contribution < -0.4 is 5.32 Å². The van der Waals surface area contributed by atoms with Gasteiger partial charge in [0, 0.05) is 0 Å². The third-order valence-corrected chi connectivity index (χ3v) is 2.70. The molecule has 124 valence electrons. The fourth-order valence-corrected chi connectivity index (χ4v) is 1.87. The van der Waals surface area contributed by atoms with E-state index in [-0.39, 0.29) is 11.2 Å². The van der Waals surface area contributed by atoms with Gasteiger partial charge in [-0.1, -0.05) is 0 Å². The molecule has 1 amide bonds. The van der Waals surface area contributed by atoms with E-state index in [0.717, 1.165) is 0 Å². The summed E-state index contributed by atoms with van der Waals surface area (Å²) >= 11 is 0. The second-order valence-electron chi connectivity index (χ2n) is 7.16. The molecule has 21 heavy (non-hydrogen) atoms. The van der Waals surface area contributed by atoms with Crippen molar-refractivity contribution in [3.05, 3.63) is 0 Å².